The Labute approximate surface area is 373 Å². The van der Waals surface area contributed by atoms with Crippen molar-refractivity contribution < 1.29 is 0 Å². The molecule has 1 heterocycles. The van der Waals surface area contributed by atoms with E-state index in [1.54, 1.807) is 0 Å². The zero-order chi connectivity index (χ0) is 42.6. The number of benzene rings is 11. The van der Waals surface area contributed by atoms with Crippen LogP contribution in [0.5, 0.6) is 0 Å². The zero-order valence-corrected chi connectivity index (χ0v) is 35.6. The van der Waals surface area contributed by atoms with Crippen LogP contribution in [0.15, 0.2) is 237 Å². The Bertz CT molecular complexity index is 3580. The minimum absolute atomic E-state index is 0.986. The van der Waals surface area contributed by atoms with Gasteiger partial charge in [-0.3, -0.25) is 0 Å². The van der Waals surface area contributed by atoms with Gasteiger partial charge in [0.25, 0.3) is 0 Å². The van der Waals surface area contributed by atoms with Gasteiger partial charge in [-0.15, -0.1) is 0 Å². The number of aryl methyl sites for hydroxylation is 1. The number of hydrogen-bond donors (Lipinski definition) is 0. The molecule has 0 N–H and O–H groups in total. The molecule has 64 heavy (non-hydrogen) atoms. The van der Waals surface area contributed by atoms with Gasteiger partial charge in [-0.2, -0.15) is 0 Å². The topological polar surface area (TPSA) is 8.17 Å². The number of anilines is 3. The zero-order valence-electron chi connectivity index (χ0n) is 35.6. The third-order valence-corrected chi connectivity index (χ3v) is 13.1. The van der Waals surface area contributed by atoms with E-state index in [0.29, 0.717) is 0 Å². The average Bonchev–Trinajstić information content (AvgIpc) is 3.69. The van der Waals surface area contributed by atoms with E-state index in [4.69, 9.17) is 0 Å². The fraction of sp³-hybridized carbons (Fsp3) is 0.0323. The molecule has 0 spiro atoms. The van der Waals surface area contributed by atoms with Crippen LogP contribution in [-0.2, 0) is 6.42 Å². The van der Waals surface area contributed by atoms with E-state index in [2.05, 4.69) is 253 Å². The molecule has 0 saturated heterocycles. The Hall–Kier alpha value is -8.20. The molecule has 0 unspecified atom stereocenters. The average molecular weight is 817 g/mol. The molecule has 302 valence electrons. The van der Waals surface area contributed by atoms with Crippen molar-refractivity contribution in [3.63, 3.8) is 0 Å². The lowest BCUT2D eigenvalue weighted by Crippen LogP contribution is -2.10. The highest BCUT2D eigenvalue weighted by Gasteiger charge is 2.19. The molecule has 0 saturated carbocycles. The summed E-state index contributed by atoms with van der Waals surface area (Å²) in [5.74, 6) is 0. The molecule has 0 aliphatic rings. The fourth-order valence-electron chi connectivity index (χ4n) is 9.98. The lowest BCUT2D eigenvalue weighted by atomic mass is 9.91. The van der Waals surface area contributed by atoms with E-state index in [1.807, 2.05) is 0 Å². The summed E-state index contributed by atoms with van der Waals surface area (Å²) in [5.41, 5.74) is 15.4. The Kier molecular flexibility index (Phi) is 9.16. The first-order valence-corrected chi connectivity index (χ1v) is 22.3. The SMILES string of the molecule is CCc1cc2ccccc2c2c1ccc1cc3c(cc12)c1cc(-c2cccc(N(c4ccc(-c5ccccc5)cc4)c4ccc(-c5ccccc5)cc4)c2)ccc1n3-c1ccccc1. The molecule has 12 rings (SSSR count). The molecular formula is C62H44N2. The normalized spacial score (nSPS) is 11.6. The predicted molar refractivity (Wildman–Crippen MR) is 274 cm³/mol. The molecule has 1 aromatic heterocycles. The second kappa shape index (κ2) is 15.6. The second-order valence-corrected chi connectivity index (χ2v) is 16.8. The Balaban J connectivity index is 1.03. The number of hydrogen-bond acceptors (Lipinski definition) is 1. The predicted octanol–water partition coefficient (Wildman–Crippen LogP) is 17.3. The van der Waals surface area contributed by atoms with Crippen LogP contribution in [0.4, 0.5) is 17.1 Å². The minimum atomic E-state index is 0.986. The van der Waals surface area contributed by atoms with E-state index in [0.717, 1.165) is 34.7 Å². The lowest BCUT2D eigenvalue weighted by Gasteiger charge is -2.26. The molecular weight excluding hydrogens is 773 g/mol. The van der Waals surface area contributed by atoms with E-state index in [9.17, 15) is 0 Å². The summed E-state index contributed by atoms with van der Waals surface area (Å²) in [5, 5.41) is 10.3. The maximum atomic E-state index is 2.47. The summed E-state index contributed by atoms with van der Waals surface area (Å²) in [6.45, 7) is 2.27. The Morgan fingerprint density at radius 3 is 1.55 bits per heavy atom. The van der Waals surface area contributed by atoms with Crippen molar-refractivity contribution in [2.24, 2.45) is 0 Å². The van der Waals surface area contributed by atoms with Crippen molar-refractivity contribution in [2.75, 3.05) is 4.90 Å². The van der Waals surface area contributed by atoms with Crippen LogP contribution < -0.4 is 4.90 Å². The lowest BCUT2D eigenvalue weighted by molar-refractivity contribution is 1.16. The number of rotatable bonds is 8. The van der Waals surface area contributed by atoms with Crippen LogP contribution in [0.2, 0.25) is 0 Å². The molecule has 0 aliphatic heterocycles. The third-order valence-electron chi connectivity index (χ3n) is 13.1. The smallest absolute Gasteiger partial charge is 0.0547 e. The molecule has 0 aliphatic carbocycles. The molecule has 11 aromatic carbocycles. The summed E-state index contributed by atoms with van der Waals surface area (Å²) < 4.78 is 2.44. The third kappa shape index (κ3) is 6.42. The first-order valence-electron chi connectivity index (χ1n) is 22.3. The summed E-state index contributed by atoms with van der Waals surface area (Å²) in [4.78, 5) is 2.37. The first kappa shape index (κ1) is 37.6. The first-order chi connectivity index (χ1) is 31.7. The monoisotopic (exact) mass is 816 g/mol. The molecule has 0 bridgehead atoms. The van der Waals surface area contributed by atoms with Gasteiger partial charge in [0.2, 0.25) is 0 Å². The maximum absolute atomic E-state index is 2.47. The molecule has 0 radical (unpaired) electrons. The van der Waals surface area contributed by atoms with E-state index in [1.165, 1.54) is 87.5 Å². The van der Waals surface area contributed by atoms with E-state index < -0.39 is 0 Å². The van der Waals surface area contributed by atoms with Gasteiger partial charge in [0, 0.05) is 33.5 Å². The molecule has 2 nitrogen and oxygen atoms in total. The van der Waals surface area contributed by atoms with Gasteiger partial charge in [-0.05, 0) is 150 Å². The molecule has 0 atom stereocenters. The maximum Gasteiger partial charge on any atom is 0.0547 e. The van der Waals surface area contributed by atoms with Crippen molar-refractivity contribution >= 4 is 71.2 Å². The summed E-state index contributed by atoms with van der Waals surface area (Å²) in [7, 11) is 0. The van der Waals surface area contributed by atoms with Crippen LogP contribution in [-0.4, -0.2) is 4.57 Å². The van der Waals surface area contributed by atoms with Crippen molar-refractivity contribution in [2.45, 2.75) is 13.3 Å². The van der Waals surface area contributed by atoms with Gasteiger partial charge in [0.15, 0.2) is 0 Å². The number of aromatic nitrogens is 1. The minimum Gasteiger partial charge on any atom is -0.310 e. The number of fused-ring (bicyclic) bond motifs is 8. The van der Waals surface area contributed by atoms with Crippen LogP contribution >= 0.6 is 0 Å². The highest BCUT2D eigenvalue weighted by atomic mass is 15.1. The van der Waals surface area contributed by atoms with E-state index in [-0.39, 0.29) is 0 Å². The summed E-state index contributed by atoms with van der Waals surface area (Å²) in [6.07, 6.45) is 0.986. The Morgan fingerprint density at radius 1 is 0.328 bits per heavy atom. The molecule has 2 heteroatoms. The van der Waals surface area contributed by atoms with Crippen molar-refractivity contribution in [1.82, 2.24) is 4.57 Å². The van der Waals surface area contributed by atoms with E-state index >= 15 is 0 Å². The van der Waals surface area contributed by atoms with Gasteiger partial charge >= 0.3 is 0 Å². The Morgan fingerprint density at radius 2 is 0.875 bits per heavy atom. The van der Waals surface area contributed by atoms with Crippen LogP contribution in [0.3, 0.4) is 0 Å². The van der Waals surface area contributed by atoms with Crippen LogP contribution in [0.1, 0.15) is 12.5 Å². The largest absolute Gasteiger partial charge is 0.310 e. The van der Waals surface area contributed by atoms with Crippen molar-refractivity contribution in [1.29, 1.82) is 0 Å². The quantitative estimate of drug-likeness (QED) is 0.139. The molecule has 12 aromatic rings. The number of nitrogens with zero attached hydrogens (tertiary/aromatic N) is 2. The fourth-order valence-corrected chi connectivity index (χ4v) is 9.98. The molecule has 0 amide bonds. The van der Waals surface area contributed by atoms with Crippen molar-refractivity contribution in [3.8, 4) is 39.1 Å². The second-order valence-electron chi connectivity index (χ2n) is 16.8. The highest BCUT2D eigenvalue weighted by Crippen LogP contribution is 2.43. The standard InChI is InChI=1S/C62H44N2/c1-2-42-37-49-19-12-13-24-55(49)62-56(42)35-29-50-40-61-59(41-57(50)62)58-39-48(30-36-60(58)64(61)51-21-10-5-11-22-51)47-20-14-23-54(38-47)63(52-31-25-45(26-32-52)43-15-6-3-7-16-43)53-33-27-46(28-34-53)44-17-8-4-9-18-44/h3-41H,2H2,1H3. The van der Waals surface area contributed by atoms with Gasteiger partial charge in [0.05, 0.1) is 11.0 Å². The van der Waals surface area contributed by atoms with Gasteiger partial charge in [-0.1, -0.05) is 171 Å². The summed E-state index contributed by atoms with van der Waals surface area (Å²) >= 11 is 0. The van der Waals surface area contributed by atoms with Crippen molar-refractivity contribution in [3.05, 3.63) is 242 Å². The van der Waals surface area contributed by atoms with Gasteiger partial charge in [-0.25, -0.2) is 0 Å². The molecule has 0 fully saturated rings. The van der Waals surface area contributed by atoms with Gasteiger partial charge < -0.3 is 9.47 Å². The highest BCUT2D eigenvalue weighted by molar-refractivity contribution is 6.25. The number of para-hydroxylation sites is 1. The van der Waals surface area contributed by atoms with Crippen LogP contribution in [0.25, 0.3) is 93.2 Å². The van der Waals surface area contributed by atoms with Crippen LogP contribution in [0, 0.1) is 0 Å². The van der Waals surface area contributed by atoms with Gasteiger partial charge in [0.1, 0.15) is 0 Å². The summed E-state index contributed by atoms with van der Waals surface area (Å²) in [6, 6.07) is 86.7.